The van der Waals surface area contributed by atoms with Crippen molar-refractivity contribution in [3.8, 4) is 0 Å². The molecule has 0 saturated carbocycles. The first-order valence-electron chi connectivity index (χ1n) is 5.85. The molecule has 0 spiro atoms. The van der Waals surface area contributed by atoms with Gasteiger partial charge in [-0.05, 0) is 12.8 Å². The average Bonchev–Trinajstić information content (AvgIpc) is 2.34. The Hall–Kier alpha value is -2.16. The molecular formula is C11H18N2O7. The van der Waals surface area contributed by atoms with Crippen LogP contribution in [-0.4, -0.2) is 63.2 Å². The van der Waals surface area contributed by atoms with Gasteiger partial charge in [-0.25, -0.2) is 4.79 Å². The molecule has 0 aliphatic rings. The second kappa shape index (κ2) is 8.10. The third-order valence-electron chi connectivity index (χ3n) is 2.76. The molecule has 0 unspecified atom stereocenters. The maximum absolute atomic E-state index is 11.7. The molecule has 0 aliphatic heterocycles. The average molecular weight is 290 g/mol. The highest BCUT2D eigenvalue weighted by Crippen LogP contribution is 2.09. The molecule has 0 radical (unpaired) electrons. The number of hydrogen-bond acceptors (Lipinski definition) is 5. The number of likely N-dealkylation sites (N-methyl/N-ethyl adjacent to an activating group) is 1. The molecule has 0 aromatic heterocycles. The van der Waals surface area contributed by atoms with E-state index in [4.69, 9.17) is 21.1 Å². The molecule has 0 aromatic carbocycles. The Bertz CT molecular complexity index is 396. The highest BCUT2D eigenvalue weighted by molar-refractivity contribution is 5.84. The van der Waals surface area contributed by atoms with Crippen LogP contribution >= 0.6 is 0 Å². The van der Waals surface area contributed by atoms with E-state index in [1.165, 1.54) is 7.05 Å². The van der Waals surface area contributed by atoms with Crippen LogP contribution in [0, 0.1) is 0 Å². The molecule has 0 rings (SSSR count). The maximum Gasteiger partial charge on any atom is 0.326 e. The van der Waals surface area contributed by atoms with E-state index in [0.29, 0.717) is 0 Å². The number of nitrogens with two attached hydrogens (primary N) is 1. The fraction of sp³-hybridized carbons (Fsp3) is 0.636. The molecule has 0 aromatic rings. The standard InChI is InChI=1S/C11H18N2O7/c1-13(7(11(19)20)3-5-9(15)16)8(14)4-2-6(12)10(17)18/h6-7H,2-5,12H2,1H3,(H,15,16)(H,17,18)(H,19,20)/t6-,7-/m0/s1. The number of carbonyl (C=O) groups is 4. The van der Waals surface area contributed by atoms with Gasteiger partial charge < -0.3 is 26.0 Å². The van der Waals surface area contributed by atoms with Crippen LogP contribution in [0.15, 0.2) is 0 Å². The molecule has 20 heavy (non-hydrogen) atoms. The van der Waals surface area contributed by atoms with Gasteiger partial charge in [-0.3, -0.25) is 14.4 Å². The van der Waals surface area contributed by atoms with Crippen LogP contribution in [-0.2, 0) is 19.2 Å². The Morgan fingerprint density at radius 3 is 1.95 bits per heavy atom. The lowest BCUT2D eigenvalue weighted by Gasteiger charge is -2.24. The Balaban J connectivity index is 4.52. The third-order valence-corrected chi connectivity index (χ3v) is 2.76. The van der Waals surface area contributed by atoms with Gasteiger partial charge in [-0.2, -0.15) is 0 Å². The number of carbonyl (C=O) groups excluding carboxylic acids is 1. The van der Waals surface area contributed by atoms with Gasteiger partial charge in [0.25, 0.3) is 0 Å². The molecule has 114 valence electrons. The number of rotatable bonds is 9. The van der Waals surface area contributed by atoms with Crippen LogP contribution in [0.25, 0.3) is 0 Å². The first-order chi connectivity index (χ1) is 9.16. The molecule has 0 saturated heterocycles. The molecule has 1 amide bonds. The zero-order chi connectivity index (χ0) is 15.9. The van der Waals surface area contributed by atoms with E-state index in [2.05, 4.69) is 0 Å². The fourth-order valence-electron chi connectivity index (χ4n) is 1.50. The number of hydrogen-bond donors (Lipinski definition) is 4. The van der Waals surface area contributed by atoms with Gasteiger partial charge in [0.15, 0.2) is 0 Å². The number of carboxylic acids is 3. The summed E-state index contributed by atoms with van der Waals surface area (Å²) in [5.74, 6) is -4.32. The van der Waals surface area contributed by atoms with Crippen molar-refractivity contribution in [2.24, 2.45) is 5.73 Å². The normalized spacial score (nSPS) is 13.3. The number of carboxylic acid groups (broad SMARTS) is 3. The minimum absolute atomic E-state index is 0.121. The van der Waals surface area contributed by atoms with E-state index >= 15 is 0 Å². The summed E-state index contributed by atoms with van der Waals surface area (Å²) < 4.78 is 0. The Kier molecular flexibility index (Phi) is 7.22. The smallest absolute Gasteiger partial charge is 0.326 e. The second-order valence-corrected chi connectivity index (χ2v) is 4.27. The molecule has 0 heterocycles. The Labute approximate surface area is 115 Å². The van der Waals surface area contributed by atoms with Crippen molar-refractivity contribution in [1.29, 1.82) is 0 Å². The maximum atomic E-state index is 11.7. The van der Waals surface area contributed by atoms with Gasteiger partial charge in [-0.1, -0.05) is 0 Å². The van der Waals surface area contributed by atoms with Crippen molar-refractivity contribution in [3.63, 3.8) is 0 Å². The van der Waals surface area contributed by atoms with Gasteiger partial charge in [0, 0.05) is 19.9 Å². The predicted octanol–water partition coefficient (Wildman–Crippen LogP) is -1.05. The molecule has 9 nitrogen and oxygen atoms in total. The monoisotopic (exact) mass is 290 g/mol. The van der Waals surface area contributed by atoms with Crippen molar-refractivity contribution in [2.45, 2.75) is 37.8 Å². The largest absolute Gasteiger partial charge is 0.481 e. The summed E-state index contributed by atoms with van der Waals surface area (Å²) in [4.78, 5) is 44.6. The summed E-state index contributed by atoms with van der Waals surface area (Å²) in [6.07, 6.45) is -0.953. The molecule has 9 heteroatoms. The first-order valence-corrected chi connectivity index (χ1v) is 5.85. The van der Waals surface area contributed by atoms with Crippen LogP contribution in [0.3, 0.4) is 0 Å². The highest BCUT2D eigenvalue weighted by atomic mass is 16.4. The molecular weight excluding hydrogens is 272 g/mol. The van der Waals surface area contributed by atoms with Gasteiger partial charge in [0.1, 0.15) is 12.1 Å². The first kappa shape index (κ1) is 17.8. The van der Waals surface area contributed by atoms with Gasteiger partial charge in [0.05, 0.1) is 0 Å². The summed E-state index contributed by atoms with van der Waals surface area (Å²) in [6, 6.07) is -2.46. The van der Waals surface area contributed by atoms with Gasteiger partial charge in [-0.15, -0.1) is 0 Å². The van der Waals surface area contributed by atoms with Gasteiger partial charge in [0.2, 0.25) is 5.91 Å². The Morgan fingerprint density at radius 1 is 1.00 bits per heavy atom. The van der Waals surface area contributed by atoms with Crippen LogP contribution in [0.1, 0.15) is 25.7 Å². The lowest BCUT2D eigenvalue weighted by molar-refractivity contribution is -0.150. The quantitative estimate of drug-likeness (QED) is 0.419. The van der Waals surface area contributed by atoms with Crippen LogP contribution in [0.2, 0.25) is 0 Å². The van der Waals surface area contributed by atoms with Crippen molar-refractivity contribution >= 4 is 23.8 Å². The molecule has 5 N–H and O–H groups in total. The predicted molar refractivity (Wildman–Crippen MR) is 65.9 cm³/mol. The molecule has 0 fully saturated rings. The minimum Gasteiger partial charge on any atom is -0.481 e. The number of nitrogens with zero attached hydrogens (tertiary/aromatic N) is 1. The summed E-state index contributed by atoms with van der Waals surface area (Å²) in [7, 11) is 1.23. The van der Waals surface area contributed by atoms with Crippen molar-refractivity contribution in [3.05, 3.63) is 0 Å². The zero-order valence-corrected chi connectivity index (χ0v) is 11.0. The lowest BCUT2D eigenvalue weighted by Crippen LogP contribution is -2.43. The Morgan fingerprint density at radius 2 is 1.55 bits per heavy atom. The SMILES string of the molecule is CN(C(=O)CC[C@H](N)C(=O)O)[C@@H](CCC(=O)O)C(=O)O. The molecule has 0 bridgehead atoms. The zero-order valence-electron chi connectivity index (χ0n) is 11.0. The summed E-state index contributed by atoms with van der Waals surface area (Å²) in [5, 5.41) is 26.1. The molecule has 2 atom stereocenters. The molecule has 0 aliphatic carbocycles. The van der Waals surface area contributed by atoms with E-state index in [1.54, 1.807) is 0 Å². The van der Waals surface area contributed by atoms with Gasteiger partial charge >= 0.3 is 17.9 Å². The minimum atomic E-state index is -1.32. The summed E-state index contributed by atoms with van der Waals surface area (Å²) in [6.45, 7) is 0. The summed E-state index contributed by atoms with van der Waals surface area (Å²) >= 11 is 0. The van der Waals surface area contributed by atoms with E-state index in [-0.39, 0.29) is 25.7 Å². The van der Waals surface area contributed by atoms with Crippen molar-refractivity contribution < 1.29 is 34.5 Å². The van der Waals surface area contributed by atoms with Crippen LogP contribution in [0.4, 0.5) is 0 Å². The van der Waals surface area contributed by atoms with E-state index in [0.717, 1.165) is 4.90 Å². The summed E-state index contributed by atoms with van der Waals surface area (Å²) in [5.41, 5.74) is 5.23. The topological polar surface area (TPSA) is 158 Å². The third kappa shape index (κ3) is 6.14. The number of amides is 1. The van der Waals surface area contributed by atoms with E-state index in [9.17, 15) is 19.2 Å². The highest BCUT2D eigenvalue weighted by Gasteiger charge is 2.27. The lowest BCUT2D eigenvalue weighted by atomic mass is 10.1. The van der Waals surface area contributed by atoms with E-state index < -0.39 is 35.9 Å². The number of aliphatic carboxylic acids is 3. The second-order valence-electron chi connectivity index (χ2n) is 4.27. The van der Waals surface area contributed by atoms with Crippen molar-refractivity contribution in [1.82, 2.24) is 4.90 Å². The van der Waals surface area contributed by atoms with Crippen LogP contribution in [0.5, 0.6) is 0 Å². The van der Waals surface area contributed by atoms with E-state index in [1.807, 2.05) is 0 Å². The van der Waals surface area contributed by atoms with Crippen molar-refractivity contribution in [2.75, 3.05) is 7.05 Å². The fourth-order valence-corrected chi connectivity index (χ4v) is 1.50. The van der Waals surface area contributed by atoms with Crippen LogP contribution < -0.4 is 5.73 Å².